The minimum Gasteiger partial charge on any atom is -0.498 e. The molecular weight excluding hydrogens is 1350 g/mol. The van der Waals surface area contributed by atoms with E-state index >= 15 is 0 Å². The molecule has 6 heterocycles. The third-order valence-electron chi connectivity index (χ3n) is 24.6. The number of aryl methyl sites for hydroxylation is 14. The summed E-state index contributed by atoms with van der Waals surface area (Å²) in [7, 11) is 0. The normalized spacial score (nSPS) is 19.2. The first-order valence-corrected chi connectivity index (χ1v) is 42.8. The molecule has 6 aromatic carbocycles. The Balaban J connectivity index is 0.000000184. The van der Waals surface area contributed by atoms with Crippen LogP contribution in [0.25, 0.3) is 0 Å². The van der Waals surface area contributed by atoms with Gasteiger partial charge in [-0.05, 0) is 461 Å². The summed E-state index contributed by atoms with van der Waals surface area (Å²) in [5.74, 6) is 0. The van der Waals surface area contributed by atoms with Crippen molar-refractivity contribution in [3.05, 3.63) is 277 Å². The molecule has 6 aliphatic rings. The number of benzene rings is 6. The maximum absolute atomic E-state index is 5.89. The molecule has 0 saturated carbocycles. The zero-order valence-corrected chi connectivity index (χ0v) is 73.7. The van der Waals surface area contributed by atoms with Crippen LogP contribution in [0.15, 0.2) is 144 Å². The molecule has 6 nitrogen and oxygen atoms in total. The topological polar surface area (TPSA) is 55.4 Å². The third-order valence-corrected chi connectivity index (χ3v) is 24.6. The molecule has 12 rings (SSSR count). The van der Waals surface area contributed by atoms with Crippen LogP contribution < -0.4 is 0 Å². The Hall–Kier alpha value is -7.44. The number of rotatable bonds is 20. The Morgan fingerprint density at radius 2 is 0.536 bits per heavy atom. The van der Waals surface area contributed by atoms with E-state index in [2.05, 4.69) is 239 Å². The summed E-state index contributed by atoms with van der Waals surface area (Å²) < 4.78 is 34.4. The lowest BCUT2D eigenvalue weighted by Crippen LogP contribution is -2.18. The summed E-state index contributed by atoms with van der Waals surface area (Å²) in [6.07, 6.45) is 44.6. The second-order valence-electron chi connectivity index (χ2n) is 34.4. The van der Waals surface area contributed by atoms with Crippen LogP contribution in [-0.2, 0) is 66.9 Å². The predicted molar refractivity (Wildman–Crippen MR) is 470 cm³/mol. The largest absolute Gasteiger partial charge is 0.498 e. The minimum absolute atomic E-state index is 0.361. The van der Waals surface area contributed by atoms with Gasteiger partial charge in [0, 0.05) is 12.8 Å². The quantitative estimate of drug-likeness (QED) is 0.0759. The van der Waals surface area contributed by atoms with Crippen LogP contribution in [0, 0.1) is 125 Å². The smallest absolute Gasteiger partial charge is 0.102 e. The van der Waals surface area contributed by atoms with Crippen LogP contribution >= 0.6 is 0 Å². The third kappa shape index (κ3) is 29.9. The highest BCUT2D eigenvalue weighted by molar-refractivity contribution is 5.43. The minimum atomic E-state index is 0.361. The van der Waals surface area contributed by atoms with E-state index in [1.54, 1.807) is 0 Å². The first kappa shape index (κ1) is 89.8. The van der Waals surface area contributed by atoms with E-state index in [9.17, 15) is 0 Å². The SMILES string of the molecule is CC1=COC(CCCc2cc(C)c(C)c(C)c2)CC1.CC1=COC(Cc2cc(C)c(C)c(C)c2)CC1.CCCC1=COC(Cc2cc(C)c(C)c(C)c2)CC1.CCCC1CCC(Cc2cc(C)c(C)c(C)c2)=CO1.Cc1cc(CC2=COC(C)CC2)cc(C)c1C.Cc1cc(CCCC2=COC(C)CC2)cc(C)c1C. The van der Waals surface area contributed by atoms with Gasteiger partial charge in [0.1, 0.15) is 12.2 Å². The molecule has 0 fully saturated rings. The number of ether oxygens (including phenoxy) is 6. The highest BCUT2D eigenvalue weighted by Crippen LogP contribution is 2.31. The summed E-state index contributed by atoms with van der Waals surface area (Å²) in [6, 6.07) is 27.9. The molecule has 0 radical (unpaired) electrons. The monoisotopic (exact) mass is 1490 g/mol. The second-order valence-corrected chi connectivity index (χ2v) is 34.4. The van der Waals surface area contributed by atoms with Crippen LogP contribution in [0.1, 0.15) is 303 Å². The van der Waals surface area contributed by atoms with Gasteiger partial charge in [-0.3, -0.25) is 0 Å². The second kappa shape index (κ2) is 45.3. The van der Waals surface area contributed by atoms with Crippen molar-refractivity contribution in [2.24, 2.45) is 0 Å². The fraction of sp³-hybridized carbons (Fsp3) is 0.538. The van der Waals surface area contributed by atoms with Crippen molar-refractivity contribution in [1.82, 2.24) is 0 Å². The van der Waals surface area contributed by atoms with Gasteiger partial charge >= 0.3 is 0 Å². The average Bonchev–Trinajstić information content (AvgIpc) is 0.868. The van der Waals surface area contributed by atoms with Crippen molar-refractivity contribution < 1.29 is 28.4 Å². The molecule has 0 bridgehead atoms. The standard InChI is InChI=1S/4C18H26O.2C16H22O/c1-13-10-18(11-14(2)16(13)4)7-5-6-17-9-8-15(3)19-12-17;1-13-8-9-18(19-12-13)7-5-6-17-10-14(2)16(4)15(3)11-17;1-5-6-18-8-7-16(12-19-18)11-17-9-13(2)15(4)14(3)10-17;1-5-6-16-7-8-18(19-12-16)11-17-9-13(2)15(4)14(3)10-17;1-11-7-16(8-12(2)14(11)4)9-15-6-5-13(3)17-10-15;1-11-5-6-16(17-10-11)9-15-7-12(2)14(4)13(3)8-15/h10-12,15H,5-9H2,1-4H3;10-12,18H,5-9H2,1-4H3;2*9-10,12,18H,5-8,11H2,1-4H3;7-8,10,13H,5-6,9H2,1-4H3;7-8,10,16H,5-6,9H2,1-4H3. The lowest BCUT2D eigenvalue weighted by molar-refractivity contribution is 0.109. The van der Waals surface area contributed by atoms with Gasteiger partial charge in [-0.2, -0.15) is 0 Å². The van der Waals surface area contributed by atoms with Crippen LogP contribution in [0.5, 0.6) is 0 Å². The molecule has 6 aromatic rings. The summed E-state index contributed by atoms with van der Waals surface area (Å²) >= 11 is 0. The highest BCUT2D eigenvalue weighted by atomic mass is 16.5. The van der Waals surface area contributed by atoms with Crippen LogP contribution in [0.4, 0.5) is 0 Å². The summed E-state index contributed by atoms with van der Waals surface area (Å²) in [4.78, 5) is 0. The lowest BCUT2D eigenvalue weighted by Gasteiger charge is -2.23. The number of hydrogen-bond acceptors (Lipinski definition) is 6. The maximum atomic E-state index is 5.89. The zero-order valence-electron chi connectivity index (χ0n) is 73.7. The van der Waals surface area contributed by atoms with Gasteiger partial charge in [0.25, 0.3) is 0 Å². The predicted octanol–water partition coefficient (Wildman–Crippen LogP) is 28.5. The zero-order chi connectivity index (χ0) is 80.1. The van der Waals surface area contributed by atoms with E-state index in [1.807, 2.05) is 37.6 Å². The van der Waals surface area contributed by atoms with Crippen LogP contribution in [0.3, 0.4) is 0 Å². The first-order chi connectivity index (χ1) is 52.4. The van der Waals surface area contributed by atoms with E-state index < -0.39 is 0 Å². The maximum Gasteiger partial charge on any atom is 0.102 e. The van der Waals surface area contributed by atoms with Crippen molar-refractivity contribution in [3.63, 3.8) is 0 Å². The van der Waals surface area contributed by atoms with Gasteiger partial charge in [0.2, 0.25) is 0 Å². The molecule has 0 aromatic heterocycles. The van der Waals surface area contributed by atoms with Crippen LogP contribution in [-0.4, -0.2) is 36.6 Å². The molecule has 0 amide bonds. The summed E-state index contributed by atoms with van der Waals surface area (Å²) in [5.41, 5.74) is 42.5. The Kier molecular flexibility index (Phi) is 37.0. The van der Waals surface area contributed by atoms with Gasteiger partial charge in [0.05, 0.1) is 62.0 Å². The van der Waals surface area contributed by atoms with E-state index in [1.165, 1.54) is 289 Å². The van der Waals surface area contributed by atoms with Gasteiger partial charge < -0.3 is 28.4 Å². The molecule has 0 saturated heterocycles. The average molecular weight is 1490 g/mol. The fourth-order valence-electron chi connectivity index (χ4n) is 15.8. The van der Waals surface area contributed by atoms with Crippen molar-refractivity contribution in [1.29, 1.82) is 0 Å². The summed E-state index contributed by atoms with van der Waals surface area (Å²) in [6.45, 7) is 52.6. The molecule has 6 heteroatoms. The molecule has 6 unspecified atom stereocenters. The van der Waals surface area contributed by atoms with Crippen molar-refractivity contribution in [3.8, 4) is 0 Å². The van der Waals surface area contributed by atoms with Gasteiger partial charge in [-0.1, -0.05) is 99.5 Å². The molecular formula is C104H148O6. The summed E-state index contributed by atoms with van der Waals surface area (Å²) in [5, 5.41) is 0. The van der Waals surface area contributed by atoms with Crippen molar-refractivity contribution in [2.45, 2.75) is 370 Å². The molecule has 6 atom stereocenters. The van der Waals surface area contributed by atoms with E-state index in [4.69, 9.17) is 28.4 Å². The lowest BCUT2D eigenvalue weighted by atomic mass is 9.94. The number of allylic oxidation sites excluding steroid dienone is 6. The molecule has 600 valence electrons. The van der Waals surface area contributed by atoms with Gasteiger partial charge in [0.15, 0.2) is 0 Å². The molecule has 0 N–H and O–H groups in total. The van der Waals surface area contributed by atoms with Crippen molar-refractivity contribution in [2.75, 3.05) is 0 Å². The van der Waals surface area contributed by atoms with Gasteiger partial charge in [-0.25, -0.2) is 0 Å². The van der Waals surface area contributed by atoms with Gasteiger partial charge in [-0.15, -0.1) is 0 Å². The Morgan fingerprint density at radius 3 is 0.864 bits per heavy atom. The molecule has 0 aliphatic carbocycles. The van der Waals surface area contributed by atoms with E-state index in [0.717, 1.165) is 44.9 Å². The van der Waals surface area contributed by atoms with E-state index in [-0.39, 0.29) is 0 Å². The van der Waals surface area contributed by atoms with E-state index in [0.29, 0.717) is 36.6 Å². The van der Waals surface area contributed by atoms with Crippen molar-refractivity contribution >= 4 is 0 Å². The number of hydrogen-bond donors (Lipinski definition) is 0. The molecule has 6 aliphatic heterocycles. The molecule has 0 spiro atoms. The Bertz CT molecular complexity index is 4000. The Morgan fingerprint density at radius 1 is 0.255 bits per heavy atom. The first-order valence-electron chi connectivity index (χ1n) is 42.8. The highest BCUT2D eigenvalue weighted by Gasteiger charge is 2.21. The Labute approximate surface area is 671 Å². The fourth-order valence-corrected chi connectivity index (χ4v) is 15.8. The molecule has 110 heavy (non-hydrogen) atoms. The van der Waals surface area contributed by atoms with Crippen LogP contribution in [0.2, 0.25) is 0 Å².